The quantitative estimate of drug-likeness (QED) is 0.742. The smallest absolute Gasteiger partial charge is 0.341 e. The van der Waals surface area contributed by atoms with Crippen molar-refractivity contribution < 1.29 is 14.3 Å². The van der Waals surface area contributed by atoms with E-state index in [1.165, 1.54) is 4.88 Å². The third-order valence-corrected chi connectivity index (χ3v) is 5.33. The monoisotopic (exact) mass is 337 g/mol. The molecule has 128 valence electrons. The number of hydrogen-bond donors (Lipinski definition) is 1. The minimum Gasteiger partial charge on any atom is -0.462 e. The van der Waals surface area contributed by atoms with E-state index in [1.54, 1.807) is 11.3 Å². The molecule has 0 bridgehead atoms. The van der Waals surface area contributed by atoms with E-state index in [2.05, 4.69) is 19.2 Å². The lowest BCUT2D eigenvalue weighted by Gasteiger charge is -2.18. The van der Waals surface area contributed by atoms with Crippen molar-refractivity contribution in [1.29, 1.82) is 0 Å². The molecular formula is C18H27NO3S. The summed E-state index contributed by atoms with van der Waals surface area (Å²) >= 11 is 1.56. The fourth-order valence-corrected chi connectivity index (χ4v) is 4.26. The average molecular weight is 337 g/mol. The minimum absolute atomic E-state index is 0.0111. The van der Waals surface area contributed by atoms with Gasteiger partial charge in [-0.05, 0) is 43.6 Å². The van der Waals surface area contributed by atoms with Crippen LogP contribution < -0.4 is 5.32 Å². The van der Waals surface area contributed by atoms with Gasteiger partial charge in [0, 0.05) is 11.3 Å². The Morgan fingerprint density at radius 2 is 2.09 bits per heavy atom. The molecule has 0 aromatic carbocycles. The van der Waals surface area contributed by atoms with E-state index >= 15 is 0 Å². The van der Waals surface area contributed by atoms with Gasteiger partial charge in [0.2, 0.25) is 5.91 Å². The molecule has 1 aliphatic carbocycles. The molecule has 2 rings (SSSR count). The average Bonchev–Trinajstić information content (AvgIpc) is 2.87. The molecule has 0 aliphatic heterocycles. The predicted molar refractivity (Wildman–Crippen MR) is 94.2 cm³/mol. The van der Waals surface area contributed by atoms with Crippen molar-refractivity contribution in [2.75, 3.05) is 11.9 Å². The van der Waals surface area contributed by atoms with Gasteiger partial charge < -0.3 is 10.1 Å². The highest BCUT2D eigenvalue weighted by atomic mass is 32.1. The van der Waals surface area contributed by atoms with Crippen LogP contribution in [0.5, 0.6) is 0 Å². The molecule has 23 heavy (non-hydrogen) atoms. The largest absolute Gasteiger partial charge is 0.462 e. The second-order valence-electron chi connectivity index (χ2n) is 6.34. The predicted octanol–water partition coefficient (Wildman–Crippen LogP) is 4.57. The molecule has 0 saturated heterocycles. The van der Waals surface area contributed by atoms with Crippen LogP contribution >= 0.6 is 11.3 Å². The summed E-state index contributed by atoms with van der Waals surface area (Å²) in [5.41, 5.74) is 1.70. The maximum absolute atomic E-state index is 12.5. The Kier molecular flexibility index (Phi) is 6.63. The number of rotatable bonds is 7. The third-order valence-electron chi connectivity index (χ3n) is 4.16. The number of hydrogen-bond acceptors (Lipinski definition) is 4. The fourth-order valence-electron chi connectivity index (χ4n) is 2.85. The highest BCUT2D eigenvalue weighted by molar-refractivity contribution is 7.17. The Bertz CT molecular complexity index is 565. The number of anilines is 1. The molecule has 5 heteroatoms. The van der Waals surface area contributed by atoms with Gasteiger partial charge in [-0.2, -0.15) is 0 Å². The molecule has 1 aromatic heterocycles. The molecule has 0 spiro atoms. The number of esters is 1. The maximum Gasteiger partial charge on any atom is 0.341 e. The zero-order valence-corrected chi connectivity index (χ0v) is 15.2. The van der Waals surface area contributed by atoms with Crippen LogP contribution in [-0.4, -0.2) is 18.5 Å². The summed E-state index contributed by atoms with van der Waals surface area (Å²) in [6.07, 6.45) is 6.11. The summed E-state index contributed by atoms with van der Waals surface area (Å²) in [5, 5.41) is 3.64. The van der Waals surface area contributed by atoms with Crippen LogP contribution in [0.3, 0.4) is 0 Å². The number of fused-ring (bicyclic) bond motifs is 1. The van der Waals surface area contributed by atoms with E-state index in [0.29, 0.717) is 29.5 Å². The van der Waals surface area contributed by atoms with Crippen molar-refractivity contribution in [1.82, 2.24) is 0 Å². The van der Waals surface area contributed by atoms with Gasteiger partial charge >= 0.3 is 5.97 Å². The summed E-state index contributed by atoms with van der Waals surface area (Å²) in [6, 6.07) is 0. The molecule has 0 radical (unpaired) electrons. The van der Waals surface area contributed by atoms with Gasteiger partial charge in [0.15, 0.2) is 0 Å². The summed E-state index contributed by atoms with van der Waals surface area (Å²) < 4.78 is 5.35. The molecule has 4 nitrogen and oxygen atoms in total. The van der Waals surface area contributed by atoms with E-state index in [0.717, 1.165) is 44.1 Å². The van der Waals surface area contributed by atoms with Gasteiger partial charge in [-0.25, -0.2) is 4.79 Å². The van der Waals surface area contributed by atoms with E-state index in [9.17, 15) is 9.59 Å². The van der Waals surface area contributed by atoms with Gasteiger partial charge in [-0.1, -0.05) is 27.2 Å². The molecule has 0 fully saturated rings. The van der Waals surface area contributed by atoms with Gasteiger partial charge in [0.25, 0.3) is 0 Å². The second kappa shape index (κ2) is 8.48. The topological polar surface area (TPSA) is 55.4 Å². The van der Waals surface area contributed by atoms with Crippen LogP contribution in [0.15, 0.2) is 0 Å². The van der Waals surface area contributed by atoms with Crippen LogP contribution in [0, 0.1) is 5.92 Å². The summed E-state index contributed by atoms with van der Waals surface area (Å²) in [5.74, 6) is 0.331. The molecular weight excluding hydrogens is 310 g/mol. The minimum atomic E-state index is -0.287. The zero-order chi connectivity index (χ0) is 16.8. The normalized spacial score (nSPS) is 16.7. The van der Waals surface area contributed by atoms with Crippen molar-refractivity contribution in [3.63, 3.8) is 0 Å². The molecule has 1 unspecified atom stereocenters. The van der Waals surface area contributed by atoms with Crippen LogP contribution in [0.4, 0.5) is 5.00 Å². The number of carbonyl (C=O) groups is 2. The number of thiophene rings is 1. The van der Waals surface area contributed by atoms with Crippen LogP contribution in [0.1, 0.15) is 73.7 Å². The van der Waals surface area contributed by atoms with Crippen molar-refractivity contribution in [3.8, 4) is 0 Å². The Morgan fingerprint density at radius 1 is 1.30 bits per heavy atom. The third kappa shape index (κ3) is 4.56. The molecule has 1 aromatic rings. The molecule has 1 atom stereocenters. The second-order valence-corrected chi connectivity index (χ2v) is 7.45. The lowest BCUT2D eigenvalue weighted by atomic mass is 9.88. The Hall–Kier alpha value is -1.36. The number of ether oxygens (including phenoxy) is 1. The van der Waals surface area contributed by atoms with Crippen LogP contribution in [-0.2, 0) is 22.4 Å². The van der Waals surface area contributed by atoms with E-state index in [4.69, 9.17) is 4.74 Å². The summed E-state index contributed by atoms with van der Waals surface area (Å²) in [6.45, 7) is 6.69. The first-order valence-corrected chi connectivity index (χ1v) is 9.49. The van der Waals surface area contributed by atoms with Crippen molar-refractivity contribution in [2.24, 2.45) is 5.92 Å². The Labute approximate surface area is 142 Å². The highest BCUT2D eigenvalue weighted by Gasteiger charge is 2.29. The molecule has 1 aliphatic rings. The number of nitrogens with one attached hydrogen (secondary N) is 1. The first-order chi connectivity index (χ1) is 11.1. The molecule has 1 heterocycles. The SMILES string of the molecule is CCCCC(=O)Nc1sc2c(c1C(=O)OCCC)CCC(C)C2. The maximum atomic E-state index is 12.5. The Morgan fingerprint density at radius 3 is 2.78 bits per heavy atom. The first-order valence-electron chi connectivity index (χ1n) is 8.68. The molecule has 0 saturated carbocycles. The summed E-state index contributed by atoms with van der Waals surface area (Å²) in [7, 11) is 0. The van der Waals surface area contributed by atoms with Gasteiger partial charge in [0.05, 0.1) is 12.2 Å². The lowest BCUT2D eigenvalue weighted by molar-refractivity contribution is -0.116. The van der Waals surface area contributed by atoms with E-state index in [-0.39, 0.29) is 11.9 Å². The van der Waals surface area contributed by atoms with Gasteiger partial charge in [-0.15, -0.1) is 11.3 Å². The zero-order valence-electron chi connectivity index (χ0n) is 14.4. The molecule has 1 N–H and O–H groups in total. The van der Waals surface area contributed by atoms with Gasteiger partial charge in [0.1, 0.15) is 5.00 Å². The lowest BCUT2D eigenvalue weighted by Crippen LogP contribution is -2.16. The number of carbonyl (C=O) groups excluding carboxylic acids is 2. The summed E-state index contributed by atoms with van der Waals surface area (Å²) in [4.78, 5) is 25.8. The van der Waals surface area contributed by atoms with E-state index < -0.39 is 0 Å². The molecule has 1 amide bonds. The Balaban J connectivity index is 2.25. The van der Waals surface area contributed by atoms with E-state index in [1.807, 2.05) is 6.92 Å². The highest BCUT2D eigenvalue weighted by Crippen LogP contribution is 2.40. The van der Waals surface area contributed by atoms with Crippen molar-refractivity contribution in [2.45, 2.75) is 65.7 Å². The van der Waals surface area contributed by atoms with Crippen LogP contribution in [0.2, 0.25) is 0 Å². The first kappa shape index (κ1) is 18.0. The van der Waals surface area contributed by atoms with Crippen molar-refractivity contribution in [3.05, 3.63) is 16.0 Å². The van der Waals surface area contributed by atoms with Gasteiger partial charge in [-0.3, -0.25) is 4.79 Å². The number of amides is 1. The number of unbranched alkanes of at least 4 members (excludes halogenated alkanes) is 1. The fraction of sp³-hybridized carbons (Fsp3) is 0.667. The van der Waals surface area contributed by atoms with Crippen LogP contribution in [0.25, 0.3) is 0 Å². The van der Waals surface area contributed by atoms with Crippen molar-refractivity contribution >= 4 is 28.2 Å². The standard InChI is InChI=1S/C18H27NO3S/c1-4-6-7-15(20)19-17-16(18(21)22-10-5-2)13-9-8-12(3)11-14(13)23-17/h12H,4-11H2,1-3H3,(H,19,20).